The van der Waals surface area contributed by atoms with Crippen LogP contribution in [0.3, 0.4) is 0 Å². The standard InChI is InChI=1S/C14H31N3O2S/c1-5-13(3)12-16(6-2)20(18,19)17-9-7-14(8-10-17)11-15-4/h13-15H,5-12H2,1-4H3. The van der Waals surface area contributed by atoms with Crippen molar-refractivity contribution in [2.24, 2.45) is 11.8 Å². The topological polar surface area (TPSA) is 52.7 Å². The molecule has 5 nitrogen and oxygen atoms in total. The second-order valence-corrected chi connectivity index (χ2v) is 7.80. The van der Waals surface area contributed by atoms with Crippen molar-refractivity contribution in [1.29, 1.82) is 0 Å². The molecule has 6 heteroatoms. The number of nitrogens with one attached hydrogen (secondary N) is 1. The molecule has 1 saturated heterocycles. The molecule has 1 fully saturated rings. The summed E-state index contributed by atoms with van der Waals surface area (Å²) in [7, 11) is -1.32. The molecule has 0 aliphatic carbocycles. The average Bonchev–Trinajstić information content (AvgIpc) is 2.45. The Hall–Kier alpha value is -0.170. The Morgan fingerprint density at radius 2 is 1.90 bits per heavy atom. The summed E-state index contributed by atoms with van der Waals surface area (Å²) in [5.41, 5.74) is 0. The van der Waals surface area contributed by atoms with Gasteiger partial charge in [0.15, 0.2) is 0 Å². The maximum absolute atomic E-state index is 12.7. The molecule has 0 saturated carbocycles. The third-order valence-electron chi connectivity index (χ3n) is 4.28. The van der Waals surface area contributed by atoms with Crippen LogP contribution >= 0.6 is 0 Å². The molecule has 1 aliphatic heterocycles. The zero-order valence-electron chi connectivity index (χ0n) is 13.4. The molecule has 0 aromatic carbocycles. The number of rotatable bonds is 8. The molecule has 120 valence electrons. The van der Waals surface area contributed by atoms with Crippen molar-refractivity contribution in [3.63, 3.8) is 0 Å². The van der Waals surface area contributed by atoms with E-state index in [2.05, 4.69) is 19.2 Å². The first kappa shape index (κ1) is 17.9. The third kappa shape index (κ3) is 4.69. The Kier molecular flexibility index (Phi) is 7.43. The van der Waals surface area contributed by atoms with Crippen LogP contribution in [0.2, 0.25) is 0 Å². The van der Waals surface area contributed by atoms with Crippen molar-refractivity contribution < 1.29 is 8.42 Å². The third-order valence-corrected chi connectivity index (χ3v) is 6.36. The van der Waals surface area contributed by atoms with Gasteiger partial charge in [-0.05, 0) is 38.3 Å². The smallest absolute Gasteiger partial charge is 0.281 e. The van der Waals surface area contributed by atoms with Crippen LogP contribution in [0.15, 0.2) is 0 Å². The van der Waals surface area contributed by atoms with Crippen molar-refractivity contribution in [3.05, 3.63) is 0 Å². The summed E-state index contributed by atoms with van der Waals surface area (Å²) >= 11 is 0. The normalized spacial score (nSPS) is 20.4. The molecule has 1 rings (SSSR count). The van der Waals surface area contributed by atoms with E-state index in [0.29, 0.717) is 38.0 Å². The van der Waals surface area contributed by atoms with Gasteiger partial charge < -0.3 is 5.32 Å². The number of hydrogen-bond donors (Lipinski definition) is 1. The molecule has 0 aromatic rings. The van der Waals surface area contributed by atoms with E-state index in [1.54, 1.807) is 8.61 Å². The van der Waals surface area contributed by atoms with Crippen LogP contribution in [-0.2, 0) is 10.2 Å². The molecule has 0 amide bonds. The van der Waals surface area contributed by atoms with E-state index >= 15 is 0 Å². The van der Waals surface area contributed by atoms with Crippen molar-refractivity contribution in [1.82, 2.24) is 13.9 Å². The molecule has 1 N–H and O–H groups in total. The highest BCUT2D eigenvalue weighted by atomic mass is 32.2. The fourth-order valence-electron chi connectivity index (χ4n) is 2.66. The first-order valence-corrected chi connectivity index (χ1v) is 9.25. The van der Waals surface area contributed by atoms with Gasteiger partial charge in [0, 0.05) is 26.2 Å². The molecule has 0 aromatic heterocycles. The van der Waals surface area contributed by atoms with Crippen LogP contribution in [0.25, 0.3) is 0 Å². The SMILES string of the molecule is CCC(C)CN(CC)S(=O)(=O)N1CCC(CNC)CC1. The Morgan fingerprint density at radius 3 is 2.35 bits per heavy atom. The van der Waals surface area contributed by atoms with Gasteiger partial charge in [0.2, 0.25) is 0 Å². The van der Waals surface area contributed by atoms with Gasteiger partial charge >= 0.3 is 0 Å². The van der Waals surface area contributed by atoms with E-state index in [1.165, 1.54) is 0 Å². The highest BCUT2D eigenvalue weighted by molar-refractivity contribution is 7.86. The van der Waals surface area contributed by atoms with Crippen molar-refractivity contribution >= 4 is 10.2 Å². The summed E-state index contributed by atoms with van der Waals surface area (Å²) < 4.78 is 28.6. The largest absolute Gasteiger partial charge is 0.319 e. The molecule has 0 radical (unpaired) electrons. The van der Waals surface area contributed by atoms with Gasteiger partial charge in [0.05, 0.1) is 0 Å². The van der Waals surface area contributed by atoms with Crippen LogP contribution in [0.1, 0.15) is 40.0 Å². The first-order valence-electron chi connectivity index (χ1n) is 7.85. The number of piperidine rings is 1. The van der Waals surface area contributed by atoms with Crippen LogP contribution < -0.4 is 5.32 Å². The zero-order chi connectivity index (χ0) is 15.2. The second kappa shape index (κ2) is 8.32. The molecule has 1 unspecified atom stereocenters. The summed E-state index contributed by atoms with van der Waals surface area (Å²) in [4.78, 5) is 0. The van der Waals surface area contributed by atoms with Gasteiger partial charge in [0.25, 0.3) is 10.2 Å². The van der Waals surface area contributed by atoms with E-state index in [9.17, 15) is 8.42 Å². The molecule has 0 spiro atoms. The van der Waals surface area contributed by atoms with Crippen molar-refractivity contribution in [2.45, 2.75) is 40.0 Å². The highest BCUT2D eigenvalue weighted by Gasteiger charge is 2.32. The Morgan fingerprint density at radius 1 is 1.30 bits per heavy atom. The number of hydrogen-bond acceptors (Lipinski definition) is 3. The lowest BCUT2D eigenvalue weighted by molar-refractivity contribution is 0.246. The van der Waals surface area contributed by atoms with Gasteiger partial charge in [-0.1, -0.05) is 27.2 Å². The zero-order valence-corrected chi connectivity index (χ0v) is 14.2. The quantitative estimate of drug-likeness (QED) is 0.740. The summed E-state index contributed by atoms with van der Waals surface area (Å²) in [6, 6.07) is 0. The van der Waals surface area contributed by atoms with Crippen LogP contribution in [-0.4, -0.2) is 56.8 Å². The fraction of sp³-hybridized carbons (Fsp3) is 1.00. The van der Waals surface area contributed by atoms with Gasteiger partial charge in [-0.15, -0.1) is 0 Å². The molecular formula is C14H31N3O2S. The lowest BCUT2D eigenvalue weighted by atomic mass is 9.98. The van der Waals surface area contributed by atoms with E-state index in [4.69, 9.17) is 0 Å². The van der Waals surface area contributed by atoms with Crippen molar-refractivity contribution in [2.75, 3.05) is 39.8 Å². The maximum Gasteiger partial charge on any atom is 0.281 e. The number of nitrogens with zero attached hydrogens (tertiary/aromatic N) is 2. The predicted molar refractivity (Wildman–Crippen MR) is 83.8 cm³/mol. The predicted octanol–water partition coefficient (Wildman–Crippen LogP) is 1.53. The van der Waals surface area contributed by atoms with Gasteiger partial charge in [-0.25, -0.2) is 0 Å². The Bertz CT molecular complexity index is 365. The summed E-state index contributed by atoms with van der Waals surface area (Å²) in [5.74, 6) is 1.02. The average molecular weight is 305 g/mol. The first-order chi connectivity index (χ1) is 9.45. The van der Waals surface area contributed by atoms with E-state index in [0.717, 1.165) is 25.8 Å². The van der Waals surface area contributed by atoms with Gasteiger partial charge in [-0.2, -0.15) is 17.0 Å². The minimum atomic E-state index is -3.27. The van der Waals surface area contributed by atoms with Crippen LogP contribution in [0.4, 0.5) is 0 Å². The van der Waals surface area contributed by atoms with E-state index < -0.39 is 10.2 Å². The Labute approximate surface area is 124 Å². The summed E-state index contributed by atoms with van der Waals surface area (Å²) in [5, 5.41) is 3.18. The van der Waals surface area contributed by atoms with Gasteiger partial charge in [0.1, 0.15) is 0 Å². The van der Waals surface area contributed by atoms with E-state index in [-0.39, 0.29) is 0 Å². The van der Waals surface area contributed by atoms with Crippen LogP contribution in [0.5, 0.6) is 0 Å². The molecule has 0 bridgehead atoms. The minimum Gasteiger partial charge on any atom is -0.319 e. The summed E-state index contributed by atoms with van der Waals surface area (Å²) in [6.45, 7) is 9.63. The minimum absolute atomic E-state index is 0.409. The molecule has 1 heterocycles. The van der Waals surface area contributed by atoms with Crippen molar-refractivity contribution in [3.8, 4) is 0 Å². The lowest BCUT2D eigenvalue weighted by Crippen LogP contribution is -2.48. The Balaban J connectivity index is 2.63. The fourth-order valence-corrected chi connectivity index (χ4v) is 4.43. The molecular weight excluding hydrogens is 274 g/mol. The van der Waals surface area contributed by atoms with E-state index in [1.807, 2.05) is 14.0 Å². The molecule has 1 atom stereocenters. The lowest BCUT2D eigenvalue weighted by Gasteiger charge is -2.35. The maximum atomic E-state index is 12.7. The van der Waals surface area contributed by atoms with Crippen LogP contribution in [0, 0.1) is 11.8 Å². The van der Waals surface area contributed by atoms with Gasteiger partial charge in [-0.3, -0.25) is 0 Å². The molecule has 1 aliphatic rings. The molecule has 20 heavy (non-hydrogen) atoms. The monoisotopic (exact) mass is 305 g/mol. The summed E-state index contributed by atoms with van der Waals surface area (Å²) in [6.07, 6.45) is 2.93. The highest BCUT2D eigenvalue weighted by Crippen LogP contribution is 2.21. The second-order valence-electron chi connectivity index (χ2n) is 5.87.